The average molecular weight is 261 g/mol. The molecule has 1 fully saturated rings. The van der Waals surface area contributed by atoms with Gasteiger partial charge in [0, 0.05) is 18.2 Å². The Morgan fingerprint density at radius 2 is 2.16 bits per heavy atom. The molecule has 1 aliphatic rings. The Morgan fingerprint density at radius 1 is 1.47 bits per heavy atom. The van der Waals surface area contributed by atoms with Crippen LogP contribution in [0, 0.1) is 12.8 Å². The van der Waals surface area contributed by atoms with Gasteiger partial charge in [0.2, 0.25) is 0 Å². The van der Waals surface area contributed by atoms with Crippen molar-refractivity contribution in [1.29, 1.82) is 0 Å². The van der Waals surface area contributed by atoms with E-state index in [-0.39, 0.29) is 5.91 Å². The van der Waals surface area contributed by atoms with Gasteiger partial charge in [0.05, 0.1) is 5.69 Å². The first-order valence-corrected chi connectivity index (χ1v) is 6.91. The number of aryl methyl sites for hydroxylation is 1. The van der Waals surface area contributed by atoms with Gasteiger partial charge in [-0.3, -0.25) is 10.6 Å². The molecule has 0 heterocycles. The Balaban J connectivity index is 2.19. The van der Waals surface area contributed by atoms with E-state index in [9.17, 15) is 4.79 Å². The van der Waals surface area contributed by atoms with E-state index in [1.54, 1.807) is 0 Å². The van der Waals surface area contributed by atoms with Gasteiger partial charge in [-0.15, -0.1) is 0 Å². The number of benzene rings is 1. The van der Waals surface area contributed by atoms with Crippen LogP contribution in [0.2, 0.25) is 0 Å². The van der Waals surface area contributed by atoms with E-state index in [4.69, 9.17) is 5.84 Å². The number of rotatable bonds is 5. The standard InChI is InChI=1S/C15H23N3O/c1-10(2)9-18(13-5-6-13)15(19)12-4-7-14(17-16)11(3)8-12/h4,7-8,10,13,17H,5-6,9,16H2,1-3H3. The number of nitrogens with two attached hydrogens (primary N) is 1. The predicted molar refractivity (Wildman–Crippen MR) is 77.9 cm³/mol. The van der Waals surface area contributed by atoms with Crippen LogP contribution in [0.3, 0.4) is 0 Å². The molecule has 4 heteroatoms. The summed E-state index contributed by atoms with van der Waals surface area (Å²) < 4.78 is 0. The maximum atomic E-state index is 12.6. The third-order valence-corrected chi connectivity index (χ3v) is 3.44. The average Bonchev–Trinajstić information content (AvgIpc) is 3.19. The second kappa shape index (κ2) is 5.61. The van der Waals surface area contributed by atoms with E-state index < -0.39 is 0 Å². The predicted octanol–water partition coefficient (Wildman–Crippen LogP) is 2.54. The molecule has 0 saturated heterocycles. The van der Waals surface area contributed by atoms with Crippen molar-refractivity contribution in [3.05, 3.63) is 29.3 Å². The molecule has 0 aliphatic heterocycles. The molecule has 3 N–H and O–H groups in total. The molecule has 1 aliphatic carbocycles. The van der Waals surface area contributed by atoms with Crippen LogP contribution in [0.4, 0.5) is 5.69 Å². The number of carbonyl (C=O) groups is 1. The zero-order chi connectivity index (χ0) is 14.0. The van der Waals surface area contributed by atoms with E-state index in [0.717, 1.165) is 36.2 Å². The van der Waals surface area contributed by atoms with E-state index >= 15 is 0 Å². The smallest absolute Gasteiger partial charge is 0.254 e. The molecule has 2 rings (SSSR count). The molecular weight excluding hydrogens is 238 g/mol. The van der Waals surface area contributed by atoms with Crippen LogP contribution in [0.25, 0.3) is 0 Å². The fourth-order valence-corrected chi connectivity index (χ4v) is 2.30. The lowest BCUT2D eigenvalue weighted by Crippen LogP contribution is -2.36. The summed E-state index contributed by atoms with van der Waals surface area (Å²) in [6.45, 7) is 7.08. The molecule has 0 atom stereocenters. The van der Waals surface area contributed by atoms with Crippen molar-refractivity contribution in [3.8, 4) is 0 Å². The van der Waals surface area contributed by atoms with Crippen LogP contribution >= 0.6 is 0 Å². The summed E-state index contributed by atoms with van der Waals surface area (Å²) in [5, 5.41) is 0. The maximum absolute atomic E-state index is 12.6. The number of hydrazine groups is 1. The van der Waals surface area contributed by atoms with Crippen LogP contribution < -0.4 is 11.3 Å². The monoisotopic (exact) mass is 261 g/mol. The molecule has 1 aromatic carbocycles. The molecule has 0 spiro atoms. The van der Waals surface area contributed by atoms with Gasteiger partial charge in [0.25, 0.3) is 5.91 Å². The highest BCUT2D eigenvalue weighted by atomic mass is 16.2. The Kier molecular flexibility index (Phi) is 4.10. The van der Waals surface area contributed by atoms with Gasteiger partial charge in [-0.2, -0.15) is 0 Å². The molecule has 1 aromatic rings. The van der Waals surface area contributed by atoms with Crippen molar-refractivity contribution in [2.75, 3.05) is 12.0 Å². The molecule has 0 aromatic heterocycles. The Hall–Kier alpha value is -1.55. The third-order valence-electron chi connectivity index (χ3n) is 3.44. The topological polar surface area (TPSA) is 58.4 Å². The maximum Gasteiger partial charge on any atom is 0.254 e. The normalized spacial score (nSPS) is 14.6. The second-order valence-corrected chi connectivity index (χ2v) is 5.76. The first-order valence-electron chi connectivity index (χ1n) is 6.91. The van der Waals surface area contributed by atoms with Crippen LogP contribution in [0.1, 0.15) is 42.6 Å². The summed E-state index contributed by atoms with van der Waals surface area (Å²) in [7, 11) is 0. The van der Waals surface area contributed by atoms with Crippen molar-refractivity contribution in [2.45, 2.75) is 39.7 Å². The van der Waals surface area contributed by atoms with Gasteiger partial charge in [0.1, 0.15) is 0 Å². The summed E-state index contributed by atoms with van der Waals surface area (Å²) in [5.74, 6) is 6.05. The van der Waals surface area contributed by atoms with Crippen molar-refractivity contribution in [1.82, 2.24) is 4.90 Å². The van der Waals surface area contributed by atoms with Gasteiger partial charge >= 0.3 is 0 Å². The van der Waals surface area contributed by atoms with Gasteiger partial charge in [-0.25, -0.2) is 0 Å². The summed E-state index contributed by atoms with van der Waals surface area (Å²) >= 11 is 0. The van der Waals surface area contributed by atoms with Gasteiger partial charge in [0.15, 0.2) is 0 Å². The highest BCUT2D eigenvalue weighted by Crippen LogP contribution is 2.29. The molecular formula is C15H23N3O. The highest BCUT2D eigenvalue weighted by molar-refractivity contribution is 5.95. The van der Waals surface area contributed by atoms with Crippen molar-refractivity contribution in [3.63, 3.8) is 0 Å². The molecule has 0 unspecified atom stereocenters. The van der Waals surface area contributed by atoms with E-state index in [1.165, 1.54) is 0 Å². The highest BCUT2D eigenvalue weighted by Gasteiger charge is 2.33. The number of nitrogens with zero attached hydrogens (tertiary/aromatic N) is 1. The fourth-order valence-electron chi connectivity index (χ4n) is 2.30. The molecule has 0 radical (unpaired) electrons. The van der Waals surface area contributed by atoms with Crippen LogP contribution in [-0.2, 0) is 0 Å². The summed E-state index contributed by atoms with van der Waals surface area (Å²) in [4.78, 5) is 14.6. The van der Waals surface area contributed by atoms with Crippen LogP contribution in [0.5, 0.6) is 0 Å². The van der Waals surface area contributed by atoms with Crippen LogP contribution in [-0.4, -0.2) is 23.4 Å². The number of hydrogen-bond acceptors (Lipinski definition) is 3. The van der Waals surface area contributed by atoms with Crippen molar-refractivity contribution < 1.29 is 4.79 Å². The van der Waals surface area contributed by atoms with E-state index in [1.807, 2.05) is 30.0 Å². The first-order chi connectivity index (χ1) is 9.02. The minimum absolute atomic E-state index is 0.142. The number of nitrogen functional groups attached to an aromatic ring is 1. The number of hydrogen-bond donors (Lipinski definition) is 2. The first kappa shape index (κ1) is 13.9. The summed E-state index contributed by atoms with van der Waals surface area (Å²) in [6, 6.07) is 6.07. The zero-order valence-electron chi connectivity index (χ0n) is 11.9. The van der Waals surface area contributed by atoms with Gasteiger partial charge < -0.3 is 10.3 Å². The lowest BCUT2D eigenvalue weighted by molar-refractivity contribution is 0.0722. The Bertz CT molecular complexity index is 466. The molecule has 19 heavy (non-hydrogen) atoms. The quantitative estimate of drug-likeness (QED) is 0.632. The SMILES string of the molecule is Cc1cc(C(=O)N(CC(C)C)C2CC2)ccc1NN. The summed E-state index contributed by atoms with van der Waals surface area (Å²) in [5.41, 5.74) is 5.24. The van der Waals surface area contributed by atoms with E-state index in [0.29, 0.717) is 12.0 Å². The number of nitrogens with one attached hydrogen (secondary N) is 1. The number of carbonyl (C=O) groups excluding carboxylic acids is 1. The largest absolute Gasteiger partial charge is 0.335 e. The molecule has 104 valence electrons. The summed E-state index contributed by atoms with van der Waals surface area (Å²) in [6.07, 6.45) is 2.28. The lowest BCUT2D eigenvalue weighted by Gasteiger charge is -2.24. The van der Waals surface area contributed by atoms with Crippen molar-refractivity contribution >= 4 is 11.6 Å². The van der Waals surface area contributed by atoms with Crippen LogP contribution in [0.15, 0.2) is 18.2 Å². The third kappa shape index (κ3) is 3.26. The van der Waals surface area contributed by atoms with E-state index in [2.05, 4.69) is 19.3 Å². The fraction of sp³-hybridized carbons (Fsp3) is 0.533. The molecule has 0 bridgehead atoms. The second-order valence-electron chi connectivity index (χ2n) is 5.76. The Morgan fingerprint density at radius 3 is 2.63 bits per heavy atom. The number of amides is 1. The minimum atomic E-state index is 0.142. The Labute approximate surface area is 114 Å². The molecule has 1 amide bonds. The van der Waals surface area contributed by atoms with Crippen molar-refractivity contribution in [2.24, 2.45) is 11.8 Å². The number of anilines is 1. The van der Waals surface area contributed by atoms with Gasteiger partial charge in [-0.1, -0.05) is 13.8 Å². The molecule has 1 saturated carbocycles. The molecule has 4 nitrogen and oxygen atoms in total. The zero-order valence-corrected chi connectivity index (χ0v) is 11.9. The minimum Gasteiger partial charge on any atom is -0.335 e. The lowest BCUT2D eigenvalue weighted by atomic mass is 10.1. The van der Waals surface area contributed by atoms with Gasteiger partial charge in [-0.05, 0) is 49.4 Å².